The maximum atomic E-state index is 13.4. The lowest BCUT2D eigenvalue weighted by Gasteiger charge is -2.28. The molecule has 4 N–H and O–H groups in total. The van der Waals surface area contributed by atoms with Crippen molar-refractivity contribution in [1.82, 2.24) is 9.80 Å². The molecule has 0 unspecified atom stereocenters. The number of fused-ring (bicyclic) bond motifs is 2. The van der Waals surface area contributed by atoms with Crippen LogP contribution in [0.25, 0.3) is 0 Å². The predicted octanol–water partition coefficient (Wildman–Crippen LogP) is 5.99. The lowest BCUT2D eigenvalue weighted by molar-refractivity contribution is -0.138. The molecule has 1 aromatic rings. The number of carbonyl (C=O) groups is 6. The first-order chi connectivity index (χ1) is 28.1. The molecule has 0 saturated carbocycles. The molecule has 2 fully saturated rings. The number of amides is 2. The van der Waals surface area contributed by atoms with Gasteiger partial charge in [0.1, 0.15) is 20.2 Å². The molecule has 7 rings (SSSR count). The fraction of sp³-hybridized carbons (Fsp3) is 0.286. The zero-order chi connectivity index (χ0) is 43.9. The van der Waals surface area contributed by atoms with Gasteiger partial charge in [-0.3, -0.25) is 38.6 Å². The zero-order valence-electron chi connectivity index (χ0n) is 33.1. The van der Waals surface area contributed by atoms with E-state index >= 15 is 0 Å². The number of hydrogen-bond acceptors (Lipinski definition) is 14. The molecule has 0 radical (unpaired) electrons. The minimum absolute atomic E-state index is 0.0369. The van der Waals surface area contributed by atoms with E-state index in [2.05, 4.69) is 6.07 Å². The van der Waals surface area contributed by atoms with Crippen LogP contribution in [0.4, 0.5) is 11.4 Å². The molecule has 18 heteroatoms. The monoisotopic (exact) mass is 886 g/mol. The van der Waals surface area contributed by atoms with E-state index < -0.39 is 46.1 Å². The largest absolute Gasteiger partial charge is 0.506 e. The number of carbonyl (C=O) groups excluding carboxylic acids is 4. The number of anilines is 2. The summed E-state index contributed by atoms with van der Waals surface area (Å²) in [5, 5.41) is 40.0. The number of thiocarbonyl (C=S) groups is 2. The lowest BCUT2D eigenvalue weighted by atomic mass is 9.76. The second kappa shape index (κ2) is 15.2. The number of carboxylic acids is 2. The van der Waals surface area contributed by atoms with Crippen LogP contribution in [0.5, 0.6) is 0 Å². The summed E-state index contributed by atoms with van der Waals surface area (Å²) >= 11 is 12.4. The van der Waals surface area contributed by atoms with E-state index in [-0.39, 0.29) is 78.2 Å². The van der Waals surface area contributed by atoms with Crippen LogP contribution in [-0.4, -0.2) is 101 Å². The summed E-state index contributed by atoms with van der Waals surface area (Å²) in [6, 6.07) is 4.16. The Morgan fingerprint density at radius 3 is 1.35 bits per heavy atom. The summed E-state index contributed by atoms with van der Waals surface area (Å²) in [6.07, 6.45) is 8.36. The Bertz CT molecular complexity index is 2420. The molecule has 6 aliphatic rings. The van der Waals surface area contributed by atoms with Gasteiger partial charge in [0.05, 0.1) is 44.9 Å². The van der Waals surface area contributed by atoms with Crippen LogP contribution >= 0.6 is 48.0 Å². The maximum absolute atomic E-state index is 13.4. The SMILES string of the molecule is CN1C(=CC2=C(O)/C(=C/C=C3\SC(=S)N(CCC(=O)O)C3=O)C2=O)C(C)(C)c2cc3c(cc21)N(C)C(=CC1=C(O)/C(=C\C=C2\SC(=S)N(CCC(=O)O)C2=O)C1=O)C3(C)C. The van der Waals surface area contributed by atoms with Crippen LogP contribution in [-0.2, 0) is 39.6 Å². The quantitative estimate of drug-likeness (QED) is 0.158. The first-order valence-corrected chi connectivity index (χ1v) is 20.9. The van der Waals surface area contributed by atoms with Crippen LogP contribution in [0.15, 0.2) is 104 Å². The molecule has 2 aliphatic carbocycles. The van der Waals surface area contributed by atoms with Gasteiger partial charge in [-0.25, -0.2) is 0 Å². The third kappa shape index (κ3) is 6.84. The first kappa shape index (κ1) is 42.6. The summed E-state index contributed by atoms with van der Waals surface area (Å²) in [7, 11) is 3.76. The van der Waals surface area contributed by atoms with Gasteiger partial charge >= 0.3 is 11.9 Å². The van der Waals surface area contributed by atoms with E-state index in [1.54, 1.807) is 12.2 Å². The Morgan fingerprint density at radius 2 is 1.02 bits per heavy atom. The molecule has 0 aromatic heterocycles. The van der Waals surface area contributed by atoms with Crippen molar-refractivity contribution in [3.05, 3.63) is 115 Å². The van der Waals surface area contributed by atoms with Gasteiger partial charge in [-0.15, -0.1) is 0 Å². The third-order valence-electron chi connectivity index (χ3n) is 11.4. The smallest absolute Gasteiger partial charge is 0.305 e. The number of rotatable bonds is 10. The second-order valence-corrected chi connectivity index (χ2v) is 19.0. The average Bonchev–Trinajstić information content (AvgIpc) is 3.75. The Morgan fingerprint density at radius 1 is 0.650 bits per heavy atom. The molecular formula is C42H38N4O10S4. The minimum Gasteiger partial charge on any atom is -0.506 e. The molecule has 2 amide bonds. The summed E-state index contributed by atoms with van der Waals surface area (Å²) < 4.78 is 0.431. The summed E-state index contributed by atoms with van der Waals surface area (Å²) in [6.45, 7) is 7.96. The van der Waals surface area contributed by atoms with E-state index in [4.69, 9.17) is 34.6 Å². The fourth-order valence-electron chi connectivity index (χ4n) is 7.94. The highest BCUT2D eigenvalue weighted by atomic mass is 32.2. The number of carboxylic acid groups (broad SMARTS) is 2. The summed E-state index contributed by atoms with van der Waals surface area (Å²) in [5.74, 6) is -4.28. The number of hydrogen-bond donors (Lipinski definition) is 4. The molecule has 14 nitrogen and oxygen atoms in total. The molecule has 1 aromatic carbocycles. The number of benzene rings is 1. The van der Waals surface area contributed by atoms with Gasteiger partial charge < -0.3 is 30.2 Å². The molecule has 2 saturated heterocycles. The minimum atomic E-state index is -1.06. The van der Waals surface area contributed by atoms with Crippen molar-refractivity contribution in [3.63, 3.8) is 0 Å². The Labute approximate surface area is 363 Å². The average molecular weight is 887 g/mol. The van der Waals surface area contributed by atoms with Crippen molar-refractivity contribution < 1.29 is 49.2 Å². The van der Waals surface area contributed by atoms with Crippen LogP contribution in [0.2, 0.25) is 0 Å². The molecule has 0 spiro atoms. The van der Waals surface area contributed by atoms with Crippen LogP contribution in [0.1, 0.15) is 51.7 Å². The van der Waals surface area contributed by atoms with Gasteiger partial charge in [0.25, 0.3) is 11.8 Å². The van der Waals surface area contributed by atoms with Crippen LogP contribution in [0.3, 0.4) is 0 Å². The van der Waals surface area contributed by atoms with Crippen LogP contribution < -0.4 is 9.80 Å². The number of Topliss-reactive ketones (excluding diaryl/α,β-unsaturated/α-hetero) is 2. The Balaban J connectivity index is 1.12. The topological polar surface area (TPSA) is 196 Å². The second-order valence-electron chi connectivity index (χ2n) is 15.7. The highest BCUT2D eigenvalue weighted by molar-refractivity contribution is 8.27. The van der Waals surface area contributed by atoms with E-state index in [1.807, 2.05) is 57.7 Å². The fourth-order valence-corrected chi connectivity index (χ4v) is 10.4. The predicted molar refractivity (Wildman–Crippen MR) is 235 cm³/mol. The Kier molecular flexibility index (Phi) is 10.8. The van der Waals surface area contributed by atoms with Crippen molar-refractivity contribution in [1.29, 1.82) is 0 Å². The van der Waals surface area contributed by atoms with Crippen molar-refractivity contribution >= 4 is 103 Å². The number of nitrogens with zero attached hydrogens (tertiary/aromatic N) is 4. The van der Waals surface area contributed by atoms with Gasteiger partial charge in [0, 0.05) is 60.8 Å². The van der Waals surface area contributed by atoms with Gasteiger partial charge in [0.2, 0.25) is 11.6 Å². The maximum Gasteiger partial charge on any atom is 0.305 e. The summed E-state index contributed by atoms with van der Waals surface area (Å²) in [4.78, 5) is 81.0. The lowest BCUT2D eigenvalue weighted by Crippen LogP contribution is -2.30. The number of ketones is 2. The highest BCUT2D eigenvalue weighted by Crippen LogP contribution is 2.56. The Hall–Kier alpha value is -5.56. The van der Waals surface area contributed by atoms with Gasteiger partial charge in [-0.2, -0.15) is 0 Å². The van der Waals surface area contributed by atoms with Gasteiger partial charge in [-0.05, 0) is 59.7 Å². The van der Waals surface area contributed by atoms with Crippen molar-refractivity contribution in [3.8, 4) is 0 Å². The highest BCUT2D eigenvalue weighted by Gasteiger charge is 2.47. The summed E-state index contributed by atoms with van der Waals surface area (Å²) in [5.41, 5.74) is 4.33. The van der Waals surface area contributed by atoms with E-state index in [0.717, 1.165) is 57.4 Å². The molecule has 310 valence electrons. The number of aliphatic carboxylic acids is 2. The van der Waals surface area contributed by atoms with Crippen molar-refractivity contribution in [2.24, 2.45) is 0 Å². The number of allylic oxidation sites excluding steroid dienone is 12. The molecular weight excluding hydrogens is 849 g/mol. The van der Waals surface area contributed by atoms with E-state index in [9.17, 15) is 39.0 Å². The number of aliphatic hydroxyl groups is 2. The van der Waals surface area contributed by atoms with Crippen molar-refractivity contribution in [2.45, 2.75) is 51.4 Å². The van der Waals surface area contributed by atoms with E-state index in [1.165, 1.54) is 34.1 Å². The van der Waals surface area contributed by atoms with Crippen LogP contribution in [0, 0.1) is 0 Å². The van der Waals surface area contributed by atoms with Crippen molar-refractivity contribution in [2.75, 3.05) is 37.0 Å². The number of thioether (sulfide) groups is 2. The molecule has 60 heavy (non-hydrogen) atoms. The third-order valence-corrected chi connectivity index (χ3v) is 14.2. The standard InChI is InChI=1S/C42H38N4O10S4/c1-41(2)23-17-24-26(18-25(23)43(5)29(41)15-21-33(51)19(34(21)52)7-9-27-37(55)45(39(57)59-27)13-11-31(47)48)44(6)30(42(24,3)4)16-22-35(53)20(36(22)54)8-10-28-38(56)46(40(58)60-28)14-12-32(49)50/h7-10,15-18,51,53H,11-14H2,1-6H3,(H,47,48)(H,49,50)/b19-7-,20-8+,27-9-,28-10+,29-15?,30-16?. The zero-order valence-corrected chi connectivity index (χ0v) is 36.4. The number of likely N-dealkylation sites (N-methyl/N-ethyl adjacent to an activating group) is 2. The molecule has 4 aliphatic heterocycles. The molecule has 0 bridgehead atoms. The number of aliphatic hydroxyl groups excluding tert-OH is 2. The molecule has 0 atom stereocenters. The van der Waals surface area contributed by atoms with Gasteiger partial charge in [-0.1, -0.05) is 75.7 Å². The van der Waals surface area contributed by atoms with Gasteiger partial charge in [0.15, 0.2) is 0 Å². The van der Waals surface area contributed by atoms with E-state index in [0.29, 0.717) is 0 Å². The normalized spacial score (nSPS) is 24.8. The first-order valence-electron chi connectivity index (χ1n) is 18.5. The molecule has 4 heterocycles.